The number of para-hydroxylation sites is 1. The van der Waals surface area contributed by atoms with Crippen LogP contribution < -0.4 is 10.1 Å². The second-order valence-electron chi connectivity index (χ2n) is 4.74. The van der Waals surface area contributed by atoms with E-state index >= 15 is 0 Å². The highest BCUT2D eigenvalue weighted by Crippen LogP contribution is 2.30. The zero-order valence-corrected chi connectivity index (χ0v) is 13.0. The second-order valence-corrected chi connectivity index (χ2v) is 5.52. The molecule has 0 aliphatic carbocycles. The van der Waals surface area contributed by atoms with Crippen molar-refractivity contribution in [2.24, 2.45) is 0 Å². The number of carbonyl (C=O) groups excluding carboxylic acids is 1. The lowest BCUT2D eigenvalue weighted by molar-refractivity contribution is 0.102. The van der Waals surface area contributed by atoms with Crippen LogP contribution in [0.15, 0.2) is 41.1 Å². The molecular weight excluding hydrogens is 298 g/mol. The number of ether oxygens (including phenoxy) is 1. The Morgan fingerprint density at radius 2 is 2.14 bits per heavy atom. The van der Waals surface area contributed by atoms with Crippen LogP contribution in [0.1, 0.15) is 16.1 Å². The Morgan fingerprint density at radius 3 is 2.86 bits per heavy atom. The number of nitrogens with zero attached hydrogens (tertiary/aromatic N) is 1. The van der Waals surface area contributed by atoms with Crippen LogP contribution in [-0.2, 0) is 0 Å². The fourth-order valence-corrected chi connectivity index (χ4v) is 2.84. The van der Waals surface area contributed by atoms with Gasteiger partial charge in [-0.2, -0.15) is 16.4 Å². The van der Waals surface area contributed by atoms with Crippen molar-refractivity contribution in [3.63, 3.8) is 0 Å². The number of hydrogen-bond acceptors (Lipinski definition) is 4. The zero-order chi connectivity index (χ0) is 15.5. The number of amides is 1. The number of aromatic amines is 1. The smallest absolute Gasteiger partial charge is 0.259 e. The summed E-state index contributed by atoms with van der Waals surface area (Å²) < 4.78 is 5.24. The number of anilines is 1. The zero-order valence-electron chi connectivity index (χ0n) is 12.2. The molecule has 6 heteroatoms. The molecule has 1 amide bonds. The van der Waals surface area contributed by atoms with Crippen LogP contribution >= 0.6 is 11.3 Å². The summed E-state index contributed by atoms with van der Waals surface area (Å²) in [7, 11) is 1.55. The van der Waals surface area contributed by atoms with Gasteiger partial charge in [0.1, 0.15) is 11.4 Å². The van der Waals surface area contributed by atoms with Gasteiger partial charge in [0.25, 0.3) is 5.91 Å². The topological polar surface area (TPSA) is 67.0 Å². The van der Waals surface area contributed by atoms with E-state index in [4.69, 9.17) is 4.74 Å². The van der Waals surface area contributed by atoms with Crippen LogP contribution in [0.25, 0.3) is 11.3 Å². The van der Waals surface area contributed by atoms with Gasteiger partial charge >= 0.3 is 0 Å². The van der Waals surface area contributed by atoms with Gasteiger partial charge in [0.2, 0.25) is 0 Å². The average Bonchev–Trinajstić information content (AvgIpc) is 3.18. The maximum absolute atomic E-state index is 12.5. The molecule has 22 heavy (non-hydrogen) atoms. The molecule has 0 unspecified atom stereocenters. The molecule has 3 aromatic rings. The van der Waals surface area contributed by atoms with Crippen LogP contribution in [-0.4, -0.2) is 23.2 Å². The predicted molar refractivity (Wildman–Crippen MR) is 87.6 cm³/mol. The molecule has 0 saturated carbocycles. The highest BCUT2D eigenvalue weighted by Gasteiger charge is 2.18. The summed E-state index contributed by atoms with van der Waals surface area (Å²) in [5.41, 5.74) is 3.70. The maximum Gasteiger partial charge on any atom is 0.259 e. The number of aryl methyl sites for hydroxylation is 1. The van der Waals surface area contributed by atoms with Gasteiger partial charge in [0, 0.05) is 10.9 Å². The Labute approximate surface area is 132 Å². The van der Waals surface area contributed by atoms with Crippen LogP contribution in [0.4, 0.5) is 5.69 Å². The Balaban J connectivity index is 1.94. The fourth-order valence-electron chi connectivity index (χ4n) is 2.20. The van der Waals surface area contributed by atoms with Crippen LogP contribution in [0.5, 0.6) is 5.75 Å². The summed E-state index contributed by atoms with van der Waals surface area (Å²) in [5.74, 6) is 0.316. The van der Waals surface area contributed by atoms with Crippen molar-refractivity contribution >= 4 is 22.9 Å². The summed E-state index contributed by atoms with van der Waals surface area (Å²) in [4.78, 5) is 12.5. The first-order valence-electron chi connectivity index (χ1n) is 6.72. The summed E-state index contributed by atoms with van der Waals surface area (Å²) in [5, 5.41) is 14.1. The van der Waals surface area contributed by atoms with Gasteiger partial charge in [0.15, 0.2) is 0 Å². The molecule has 0 fully saturated rings. The Morgan fingerprint density at radius 1 is 1.32 bits per heavy atom. The summed E-state index contributed by atoms with van der Waals surface area (Å²) >= 11 is 1.59. The average molecular weight is 313 g/mol. The minimum atomic E-state index is -0.224. The molecule has 2 aromatic heterocycles. The summed E-state index contributed by atoms with van der Waals surface area (Å²) in [6.45, 7) is 1.88. The molecule has 2 heterocycles. The molecule has 0 aliphatic rings. The van der Waals surface area contributed by atoms with E-state index in [0.717, 1.165) is 17.0 Å². The molecule has 0 radical (unpaired) electrons. The van der Waals surface area contributed by atoms with Gasteiger partial charge in [-0.25, -0.2) is 0 Å². The van der Waals surface area contributed by atoms with Gasteiger partial charge in [-0.3, -0.25) is 9.89 Å². The Kier molecular flexibility index (Phi) is 3.93. The molecule has 2 N–H and O–H groups in total. The van der Waals surface area contributed by atoms with E-state index in [1.165, 1.54) is 0 Å². The van der Waals surface area contributed by atoms with Crippen molar-refractivity contribution < 1.29 is 9.53 Å². The van der Waals surface area contributed by atoms with E-state index < -0.39 is 0 Å². The number of hydrogen-bond donors (Lipinski definition) is 2. The molecule has 5 nitrogen and oxygen atoms in total. The van der Waals surface area contributed by atoms with Crippen LogP contribution in [0, 0.1) is 6.92 Å². The van der Waals surface area contributed by atoms with Crippen molar-refractivity contribution in [2.75, 3.05) is 12.4 Å². The molecule has 0 atom stereocenters. The van der Waals surface area contributed by atoms with Crippen molar-refractivity contribution in [1.29, 1.82) is 0 Å². The van der Waals surface area contributed by atoms with Gasteiger partial charge in [-0.05, 0) is 30.5 Å². The molecule has 0 aliphatic heterocycles. The van der Waals surface area contributed by atoms with Crippen molar-refractivity contribution in [1.82, 2.24) is 10.2 Å². The number of thiophene rings is 1. The third-order valence-electron chi connectivity index (χ3n) is 3.33. The minimum Gasteiger partial charge on any atom is -0.496 e. The Bertz CT molecular complexity index is 794. The molecule has 3 rings (SSSR count). The quantitative estimate of drug-likeness (QED) is 0.771. The number of aromatic nitrogens is 2. The van der Waals surface area contributed by atoms with Crippen molar-refractivity contribution in [3.8, 4) is 17.0 Å². The van der Waals surface area contributed by atoms with E-state index in [-0.39, 0.29) is 5.91 Å². The molecular formula is C16H15N3O2S. The lowest BCUT2D eigenvalue weighted by atomic mass is 10.1. The first kappa shape index (κ1) is 14.3. The number of carbonyl (C=O) groups is 1. The number of methoxy groups -OCH3 is 1. The van der Waals surface area contributed by atoms with E-state index in [0.29, 0.717) is 17.0 Å². The summed E-state index contributed by atoms with van der Waals surface area (Å²) in [6, 6.07) is 9.10. The van der Waals surface area contributed by atoms with Gasteiger partial charge in [-0.1, -0.05) is 12.1 Å². The number of rotatable bonds is 4. The van der Waals surface area contributed by atoms with Crippen molar-refractivity contribution in [2.45, 2.75) is 6.92 Å². The van der Waals surface area contributed by atoms with Crippen molar-refractivity contribution in [3.05, 3.63) is 52.3 Å². The number of nitrogens with one attached hydrogen (secondary N) is 2. The molecule has 0 bridgehead atoms. The first-order chi connectivity index (χ1) is 10.7. The lowest BCUT2D eigenvalue weighted by Crippen LogP contribution is -2.14. The second kappa shape index (κ2) is 6.03. The van der Waals surface area contributed by atoms with Gasteiger partial charge < -0.3 is 10.1 Å². The van der Waals surface area contributed by atoms with E-state index in [1.54, 1.807) is 36.6 Å². The van der Waals surface area contributed by atoms with Gasteiger partial charge in [-0.15, -0.1) is 0 Å². The molecule has 0 spiro atoms. The maximum atomic E-state index is 12.5. The Hall–Kier alpha value is -2.60. The normalized spacial score (nSPS) is 10.5. The largest absolute Gasteiger partial charge is 0.496 e. The van der Waals surface area contributed by atoms with Gasteiger partial charge in [0.05, 0.1) is 24.1 Å². The standard InChI is InChI=1S/C16H15N3O2S/c1-10-14(15(19-18-10)11-7-8-22-9-11)17-16(20)12-5-3-4-6-13(12)21-2/h3-9H,1-2H3,(H,17,20)(H,18,19). The van der Waals surface area contributed by atoms with E-state index in [9.17, 15) is 4.79 Å². The molecule has 112 valence electrons. The highest BCUT2D eigenvalue weighted by molar-refractivity contribution is 7.08. The SMILES string of the molecule is COc1ccccc1C(=O)Nc1c(-c2ccsc2)n[nH]c1C. The monoisotopic (exact) mass is 313 g/mol. The highest BCUT2D eigenvalue weighted by atomic mass is 32.1. The predicted octanol–water partition coefficient (Wildman–Crippen LogP) is 3.71. The van der Waals surface area contributed by atoms with Crippen LogP contribution in [0.2, 0.25) is 0 Å². The lowest BCUT2D eigenvalue weighted by Gasteiger charge is -2.09. The molecule has 0 saturated heterocycles. The van der Waals surface area contributed by atoms with Crippen LogP contribution in [0.3, 0.4) is 0 Å². The fraction of sp³-hybridized carbons (Fsp3) is 0.125. The minimum absolute atomic E-state index is 0.224. The number of benzene rings is 1. The molecule has 1 aromatic carbocycles. The first-order valence-corrected chi connectivity index (χ1v) is 7.67. The number of H-pyrrole nitrogens is 1. The third-order valence-corrected chi connectivity index (χ3v) is 4.02. The summed E-state index contributed by atoms with van der Waals surface area (Å²) in [6.07, 6.45) is 0. The van der Waals surface area contributed by atoms with E-state index in [1.807, 2.05) is 29.8 Å². The van der Waals surface area contributed by atoms with E-state index in [2.05, 4.69) is 15.5 Å². The third kappa shape index (κ3) is 2.60.